The molecule has 0 aliphatic rings. The molecule has 0 saturated carbocycles. The Morgan fingerprint density at radius 3 is 2.80 bits per heavy atom. The van der Waals surface area contributed by atoms with Crippen LogP contribution >= 0.6 is 11.3 Å². The highest BCUT2D eigenvalue weighted by atomic mass is 32.1. The molecule has 0 amide bonds. The molecule has 2 aromatic rings. The number of nitrogens with zero attached hydrogens (tertiary/aromatic N) is 2. The van der Waals surface area contributed by atoms with Crippen LogP contribution in [0.25, 0.3) is 0 Å². The molecule has 1 aromatic heterocycles. The van der Waals surface area contributed by atoms with Crippen LogP contribution in [0.3, 0.4) is 0 Å². The van der Waals surface area contributed by atoms with Crippen LogP contribution in [0.4, 0.5) is 0 Å². The summed E-state index contributed by atoms with van der Waals surface area (Å²) < 4.78 is 5.54. The minimum absolute atomic E-state index is 0.463. The van der Waals surface area contributed by atoms with Crippen LogP contribution in [0.1, 0.15) is 49.9 Å². The summed E-state index contributed by atoms with van der Waals surface area (Å²) in [5.41, 5.74) is 2.27. The van der Waals surface area contributed by atoms with Gasteiger partial charge >= 0.3 is 0 Å². The summed E-state index contributed by atoms with van der Waals surface area (Å²) in [5.74, 6) is 2.15. The van der Waals surface area contributed by atoms with Gasteiger partial charge in [-0.15, -0.1) is 11.3 Å². The van der Waals surface area contributed by atoms with E-state index < -0.39 is 0 Å². The van der Waals surface area contributed by atoms with Crippen LogP contribution in [-0.4, -0.2) is 24.1 Å². The summed E-state index contributed by atoms with van der Waals surface area (Å²) in [6, 6.07) is 8.06. The highest BCUT2D eigenvalue weighted by Gasteiger charge is 2.06. The Kier molecular flexibility index (Phi) is 7.73. The lowest BCUT2D eigenvalue weighted by atomic mass is 10.2. The minimum atomic E-state index is 0.463. The van der Waals surface area contributed by atoms with Gasteiger partial charge in [-0.05, 0) is 37.5 Å². The van der Waals surface area contributed by atoms with E-state index in [0.717, 1.165) is 34.5 Å². The van der Waals surface area contributed by atoms with Crippen LogP contribution in [0.5, 0.6) is 5.75 Å². The lowest BCUT2D eigenvalue weighted by Crippen LogP contribution is -2.36. The third-order valence-electron chi connectivity index (χ3n) is 3.54. The van der Waals surface area contributed by atoms with E-state index in [4.69, 9.17) is 4.74 Å². The van der Waals surface area contributed by atoms with E-state index in [1.54, 1.807) is 11.3 Å². The molecule has 0 unspecified atom stereocenters. The van der Waals surface area contributed by atoms with E-state index >= 15 is 0 Å². The normalized spacial score (nSPS) is 11.6. The Bertz CT molecular complexity index is 682. The molecule has 2 rings (SSSR count). The predicted octanol–water partition coefficient (Wildman–Crippen LogP) is 3.92. The van der Waals surface area contributed by atoms with E-state index in [1.807, 2.05) is 25.1 Å². The van der Waals surface area contributed by atoms with Crippen LogP contribution in [0.15, 0.2) is 34.6 Å². The minimum Gasteiger partial charge on any atom is -0.494 e. The van der Waals surface area contributed by atoms with E-state index in [2.05, 4.69) is 52.8 Å². The fourth-order valence-corrected chi connectivity index (χ4v) is 3.14. The number of benzene rings is 1. The number of guanidine groups is 1. The molecule has 0 saturated heterocycles. The Hall–Kier alpha value is -2.08. The first-order chi connectivity index (χ1) is 12.1. The standard InChI is InChI=1S/C19H28N4OS/c1-5-20-19(22-12-18-23-17(13-25-18)14(3)4)21-11-15-8-7-9-16(10-15)24-6-2/h7-10,13-14H,5-6,11-12H2,1-4H3,(H2,20,21,22). The number of ether oxygens (including phenoxy) is 1. The summed E-state index contributed by atoms with van der Waals surface area (Å²) in [4.78, 5) is 9.31. The van der Waals surface area contributed by atoms with E-state index in [-0.39, 0.29) is 0 Å². The van der Waals surface area contributed by atoms with Gasteiger partial charge in [-0.3, -0.25) is 0 Å². The van der Waals surface area contributed by atoms with Crippen LogP contribution < -0.4 is 15.4 Å². The molecule has 0 aliphatic carbocycles. The van der Waals surface area contributed by atoms with E-state index in [9.17, 15) is 0 Å². The molecule has 0 atom stereocenters. The number of thiazole rings is 1. The number of aromatic nitrogens is 1. The van der Waals surface area contributed by atoms with Crippen molar-refractivity contribution in [1.82, 2.24) is 15.6 Å². The van der Waals surface area contributed by atoms with Gasteiger partial charge in [0, 0.05) is 11.9 Å². The van der Waals surface area contributed by atoms with Crippen molar-refractivity contribution in [2.45, 2.75) is 46.7 Å². The smallest absolute Gasteiger partial charge is 0.191 e. The number of hydrogen-bond acceptors (Lipinski definition) is 4. The Morgan fingerprint density at radius 2 is 2.12 bits per heavy atom. The van der Waals surface area contributed by atoms with Gasteiger partial charge in [-0.1, -0.05) is 26.0 Å². The van der Waals surface area contributed by atoms with Crippen molar-refractivity contribution in [1.29, 1.82) is 0 Å². The predicted molar refractivity (Wildman–Crippen MR) is 105 cm³/mol. The van der Waals surface area contributed by atoms with Gasteiger partial charge in [0.1, 0.15) is 10.8 Å². The SMILES string of the molecule is CCNC(=NCc1cccc(OCC)c1)NCc1nc(C(C)C)cs1. The second-order valence-corrected chi connectivity index (χ2v) is 6.89. The van der Waals surface area contributed by atoms with Crippen molar-refractivity contribution in [3.63, 3.8) is 0 Å². The maximum atomic E-state index is 5.54. The second kappa shape index (κ2) is 10.0. The summed E-state index contributed by atoms with van der Waals surface area (Å²) in [7, 11) is 0. The van der Waals surface area contributed by atoms with E-state index in [0.29, 0.717) is 25.6 Å². The maximum Gasteiger partial charge on any atom is 0.191 e. The molecule has 1 aromatic carbocycles. The second-order valence-electron chi connectivity index (χ2n) is 5.95. The molecule has 0 bridgehead atoms. The van der Waals surface area contributed by atoms with Gasteiger partial charge in [-0.2, -0.15) is 0 Å². The zero-order valence-corrected chi connectivity index (χ0v) is 16.3. The van der Waals surface area contributed by atoms with Crippen molar-refractivity contribution in [3.05, 3.63) is 45.9 Å². The molecule has 0 radical (unpaired) electrons. The number of nitrogens with one attached hydrogen (secondary N) is 2. The lowest BCUT2D eigenvalue weighted by molar-refractivity contribution is 0.340. The number of hydrogen-bond donors (Lipinski definition) is 2. The molecule has 0 aliphatic heterocycles. The fraction of sp³-hybridized carbons (Fsp3) is 0.474. The Labute approximate surface area is 154 Å². The van der Waals surface area contributed by atoms with Crippen molar-refractivity contribution in [3.8, 4) is 5.75 Å². The largest absolute Gasteiger partial charge is 0.494 e. The third kappa shape index (κ3) is 6.38. The molecule has 6 heteroatoms. The van der Waals surface area contributed by atoms with Gasteiger partial charge in [0.2, 0.25) is 0 Å². The molecule has 25 heavy (non-hydrogen) atoms. The lowest BCUT2D eigenvalue weighted by Gasteiger charge is -2.10. The zero-order chi connectivity index (χ0) is 18.1. The summed E-state index contributed by atoms with van der Waals surface area (Å²) in [5, 5.41) is 9.84. The van der Waals surface area contributed by atoms with Crippen LogP contribution in [-0.2, 0) is 13.1 Å². The first-order valence-corrected chi connectivity index (χ1v) is 9.68. The van der Waals surface area contributed by atoms with Crippen molar-refractivity contribution in [2.75, 3.05) is 13.2 Å². The quantitative estimate of drug-likeness (QED) is 0.553. The molecular formula is C19H28N4OS. The number of rotatable bonds is 8. The average Bonchev–Trinajstić information content (AvgIpc) is 3.07. The molecule has 0 fully saturated rings. The van der Waals surface area contributed by atoms with Crippen molar-refractivity contribution < 1.29 is 4.74 Å². The fourth-order valence-electron chi connectivity index (χ4n) is 2.24. The third-order valence-corrected chi connectivity index (χ3v) is 4.41. The molecule has 136 valence electrons. The highest BCUT2D eigenvalue weighted by molar-refractivity contribution is 7.09. The highest BCUT2D eigenvalue weighted by Crippen LogP contribution is 2.17. The Morgan fingerprint density at radius 1 is 1.28 bits per heavy atom. The van der Waals surface area contributed by atoms with Crippen molar-refractivity contribution >= 4 is 17.3 Å². The maximum absolute atomic E-state index is 5.54. The summed E-state index contributed by atoms with van der Waals surface area (Å²) >= 11 is 1.69. The molecule has 5 nitrogen and oxygen atoms in total. The molecule has 1 heterocycles. The Balaban J connectivity index is 1.96. The van der Waals surface area contributed by atoms with Crippen molar-refractivity contribution in [2.24, 2.45) is 4.99 Å². The molecule has 2 N–H and O–H groups in total. The van der Waals surface area contributed by atoms with Crippen LogP contribution in [0, 0.1) is 0 Å². The monoisotopic (exact) mass is 360 g/mol. The van der Waals surface area contributed by atoms with Gasteiger partial charge in [-0.25, -0.2) is 9.98 Å². The zero-order valence-electron chi connectivity index (χ0n) is 15.5. The topological polar surface area (TPSA) is 58.5 Å². The van der Waals surface area contributed by atoms with Gasteiger partial charge < -0.3 is 15.4 Å². The molecule has 0 spiro atoms. The van der Waals surface area contributed by atoms with E-state index in [1.165, 1.54) is 0 Å². The first-order valence-electron chi connectivity index (χ1n) is 8.80. The first kappa shape index (κ1) is 19.2. The average molecular weight is 361 g/mol. The van der Waals surface area contributed by atoms with Gasteiger partial charge in [0.05, 0.1) is 25.4 Å². The van der Waals surface area contributed by atoms with Gasteiger partial charge in [0.15, 0.2) is 5.96 Å². The number of aliphatic imine (C=N–C) groups is 1. The summed E-state index contributed by atoms with van der Waals surface area (Å²) in [6.45, 7) is 11.1. The van der Waals surface area contributed by atoms with Crippen LogP contribution in [0.2, 0.25) is 0 Å². The summed E-state index contributed by atoms with van der Waals surface area (Å²) in [6.07, 6.45) is 0. The molecular weight excluding hydrogens is 332 g/mol. The van der Waals surface area contributed by atoms with Gasteiger partial charge in [0.25, 0.3) is 0 Å².